The van der Waals surface area contributed by atoms with Crippen LogP contribution in [-0.2, 0) is 0 Å². The third-order valence-electron chi connectivity index (χ3n) is 6.73. The number of benzene rings is 2. The van der Waals surface area contributed by atoms with Gasteiger partial charge in [0.15, 0.2) is 5.58 Å². The number of amidine groups is 1. The molecule has 1 aliphatic heterocycles. The van der Waals surface area contributed by atoms with Crippen molar-refractivity contribution < 1.29 is 14.0 Å². The van der Waals surface area contributed by atoms with Gasteiger partial charge in [0.2, 0.25) is 5.89 Å². The molecule has 0 bridgehead atoms. The van der Waals surface area contributed by atoms with Gasteiger partial charge in [0.25, 0.3) is 5.91 Å². The van der Waals surface area contributed by atoms with Crippen molar-refractivity contribution in [2.45, 2.75) is 6.04 Å². The molecule has 1 fully saturated rings. The van der Waals surface area contributed by atoms with Crippen LogP contribution in [0.3, 0.4) is 0 Å². The van der Waals surface area contributed by atoms with Crippen molar-refractivity contribution >= 4 is 34.6 Å². The number of hydrazine groups is 1. The number of amides is 3. The van der Waals surface area contributed by atoms with Crippen LogP contribution in [-0.4, -0.2) is 82.9 Å². The molecule has 1 unspecified atom stereocenters. The molecular weight excluding hydrogens is 524 g/mol. The predicted octanol–water partition coefficient (Wildman–Crippen LogP) is 2.22. The van der Waals surface area contributed by atoms with Gasteiger partial charge >= 0.3 is 6.03 Å². The number of nitrogens with one attached hydrogen (secondary N) is 2. The van der Waals surface area contributed by atoms with Gasteiger partial charge in [-0.05, 0) is 35.9 Å². The molecule has 2 aromatic carbocycles. The number of hydrogen-bond donors (Lipinski definition) is 4. The molecule has 4 aromatic rings. The van der Waals surface area contributed by atoms with E-state index < -0.39 is 0 Å². The van der Waals surface area contributed by atoms with E-state index in [1.807, 2.05) is 30.3 Å². The number of oxazole rings is 1. The largest absolute Gasteiger partial charge is 0.436 e. The van der Waals surface area contributed by atoms with Gasteiger partial charge in [-0.3, -0.25) is 14.7 Å². The zero-order valence-electron chi connectivity index (χ0n) is 22.8. The number of hydrogen-bond acceptors (Lipinski definition) is 9. The number of nitrogens with zero attached hydrogens (tertiary/aromatic N) is 6. The maximum absolute atomic E-state index is 13.4. The quantitative estimate of drug-likeness (QED) is 0.115. The van der Waals surface area contributed by atoms with E-state index >= 15 is 0 Å². The second-order valence-electron chi connectivity index (χ2n) is 9.58. The van der Waals surface area contributed by atoms with Crippen molar-refractivity contribution in [2.24, 2.45) is 16.7 Å². The Hall–Kier alpha value is -5.01. The molecule has 6 N–H and O–H groups in total. The maximum atomic E-state index is 13.4. The molecule has 0 radical (unpaired) electrons. The number of carbonyl (C=O) groups excluding carboxylic acids is 2. The molecule has 13 heteroatoms. The van der Waals surface area contributed by atoms with E-state index in [9.17, 15) is 9.59 Å². The van der Waals surface area contributed by atoms with Crippen molar-refractivity contribution in [2.75, 3.05) is 45.6 Å². The lowest BCUT2D eigenvalue weighted by Crippen LogP contribution is -2.52. The Morgan fingerprint density at radius 3 is 2.54 bits per heavy atom. The lowest BCUT2D eigenvalue weighted by molar-refractivity contribution is 0.0605. The Morgan fingerprint density at radius 1 is 1.07 bits per heavy atom. The fourth-order valence-corrected chi connectivity index (χ4v) is 4.79. The van der Waals surface area contributed by atoms with Crippen LogP contribution in [0.25, 0.3) is 22.6 Å². The molecule has 212 valence electrons. The molecule has 0 aliphatic carbocycles. The van der Waals surface area contributed by atoms with Gasteiger partial charge in [-0.1, -0.05) is 30.3 Å². The molecule has 41 heavy (non-hydrogen) atoms. The van der Waals surface area contributed by atoms with Gasteiger partial charge in [0.05, 0.1) is 6.04 Å². The number of carbonyl (C=O) groups is 2. The van der Waals surface area contributed by atoms with Gasteiger partial charge in [-0.25, -0.2) is 20.7 Å². The number of nitrogens with two attached hydrogens (primary N) is 2. The first-order valence-corrected chi connectivity index (χ1v) is 13.1. The Morgan fingerprint density at radius 2 is 1.83 bits per heavy atom. The van der Waals surface area contributed by atoms with Gasteiger partial charge in [0, 0.05) is 57.7 Å². The topological polar surface area (TPSA) is 171 Å². The Labute approximate surface area is 236 Å². The average Bonchev–Trinajstić information content (AvgIpc) is 3.41. The Bertz CT molecular complexity index is 1560. The summed E-state index contributed by atoms with van der Waals surface area (Å²) in [6.45, 7) is 2.16. The number of hydrazone groups is 1. The molecule has 3 heterocycles. The van der Waals surface area contributed by atoms with Crippen LogP contribution < -0.4 is 22.2 Å². The summed E-state index contributed by atoms with van der Waals surface area (Å²) in [4.78, 5) is 37.9. The fraction of sp³-hybridized carbons (Fsp3) is 0.250. The first-order valence-electron chi connectivity index (χ1n) is 13.1. The highest BCUT2D eigenvalue weighted by Gasteiger charge is 2.30. The summed E-state index contributed by atoms with van der Waals surface area (Å²) in [6, 6.07) is 17.9. The van der Waals surface area contributed by atoms with Gasteiger partial charge in [0.1, 0.15) is 17.0 Å². The molecule has 2 aromatic heterocycles. The number of urea groups is 1. The molecule has 0 spiro atoms. The fourth-order valence-electron chi connectivity index (χ4n) is 4.79. The summed E-state index contributed by atoms with van der Waals surface area (Å²) >= 11 is 0. The molecule has 1 saturated heterocycles. The zero-order chi connectivity index (χ0) is 28.9. The van der Waals surface area contributed by atoms with E-state index in [0.29, 0.717) is 65.9 Å². The molecule has 5 rings (SSSR count). The summed E-state index contributed by atoms with van der Waals surface area (Å²) in [5, 5.41) is 10.7. The van der Waals surface area contributed by atoms with E-state index in [2.05, 4.69) is 30.6 Å². The van der Waals surface area contributed by atoms with Crippen molar-refractivity contribution in [1.82, 2.24) is 30.2 Å². The summed E-state index contributed by atoms with van der Waals surface area (Å²) < 4.78 is 5.92. The monoisotopic (exact) mass is 556 g/mol. The van der Waals surface area contributed by atoms with Crippen LogP contribution >= 0.6 is 0 Å². The molecule has 1 aliphatic rings. The molecular formula is C28H32N10O3. The number of rotatable bonds is 7. The highest BCUT2D eigenvalue weighted by molar-refractivity contribution is 5.94. The van der Waals surface area contributed by atoms with Crippen molar-refractivity contribution in [1.29, 1.82) is 0 Å². The smallest absolute Gasteiger partial charge is 0.318 e. The number of anilines is 1. The van der Waals surface area contributed by atoms with Crippen molar-refractivity contribution in [3.63, 3.8) is 0 Å². The molecule has 13 nitrogen and oxygen atoms in total. The van der Waals surface area contributed by atoms with Gasteiger partial charge < -0.3 is 25.7 Å². The number of pyridine rings is 1. The summed E-state index contributed by atoms with van der Waals surface area (Å²) in [5.41, 5.74) is 10.00. The van der Waals surface area contributed by atoms with Crippen LogP contribution in [0.2, 0.25) is 0 Å². The van der Waals surface area contributed by atoms with Crippen LogP contribution in [0, 0.1) is 0 Å². The van der Waals surface area contributed by atoms with Gasteiger partial charge in [-0.15, -0.1) is 5.10 Å². The van der Waals surface area contributed by atoms with Crippen molar-refractivity contribution in [3.05, 3.63) is 78.1 Å². The van der Waals surface area contributed by atoms with E-state index in [1.54, 1.807) is 55.5 Å². The van der Waals surface area contributed by atoms with E-state index in [0.717, 1.165) is 5.56 Å². The zero-order valence-corrected chi connectivity index (χ0v) is 22.8. The lowest BCUT2D eigenvalue weighted by Gasteiger charge is -2.39. The minimum absolute atomic E-state index is 0.181. The highest BCUT2D eigenvalue weighted by Crippen LogP contribution is 2.27. The first-order chi connectivity index (χ1) is 19.8. The summed E-state index contributed by atoms with van der Waals surface area (Å²) in [7, 11) is 3.16. The second kappa shape index (κ2) is 12.0. The molecule has 1 atom stereocenters. The third kappa shape index (κ3) is 6.26. The van der Waals surface area contributed by atoms with Gasteiger partial charge in [-0.2, -0.15) is 0 Å². The van der Waals surface area contributed by atoms with E-state index in [-0.39, 0.29) is 18.0 Å². The Balaban J connectivity index is 1.30. The highest BCUT2D eigenvalue weighted by atomic mass is 16.3. The van der Waals surface area contributed by atoms with Crippen LogP contribution in [0.15, 0.2) is 76.4 Å². The van der Waals surface area contributed by atoms with Crippen molar-refractivity contribution in [3.8, 4) is 11.5 Å². The molecule has 0 saturated carbocycles. The normalized spacial score (nSPS) is 15.0. The van der Waals surface area contributed by atoms with Crippen LogP contribution in [0.5, 0.6) is 0 Å². The minimum Gasteiger partial charge on any atom is -0.436 e. The summed E-state index contributed by atoms with van der Waals surface area (Å²) in [5.74, 6) is 6.28. The van der Waals surface area contributed by atoms with Crippen LogP contribution in [0.1, 0.15) is 22.1 Å². The SMILES string of the molecule is CNC(=O)Nc1ccc2oc(-c3ccnc(C(=O)N4CCN(C(/C(N)=N/N(C)N)c5ccccc5)CC4)c3)nc2c1. The second-order valence-corrected chi connectivity index (χ2v) is 9.58. The third-order valence-corrected chi connectivity index (χ3v) is 6.73. The average molecular weight is 557 g/mol. The van der Waals surface area contributed by atoms with E-state index in [1.165, 1.54) is 5.12 Å². The minimum atomic E-state index is -0.332. The first kappa shape index (κ1) is 27.6. The molecule has 3 amide bonds. The lowest BCUT2D eigenvalue weighted by atomic mass is 10.0. The standard InChI is InChI=1S/C28H32N10O3/c1-31-28(40)33-20-8-9-23-21(17-20)34-26(41-23)19-10-11-32-22(16-19)27(39)38-14-12-37(13-15-38)24(25(29)35-36(2)30)18-6-4-3-5-7-18/h3-11,16-17,24H,12-15,30H2,1-2H3,(H2,29,35)(H2,31,33,40). The summed E-state index contributed by atoms with van der Waals surface area (Å²) in [6.07, 6.45) is 1.57. The number of piperazine rings is 1. The van der Waals surface area contributed by atoms with Crippen LogP contribution in [0.4, 0.5) is 10.5 Å². The number of fused-ring (bicyclic) bond motifs is 1. The predicted molar refractivity (Wildman–Crippen MR) is 156 cm³/mol. The van der Waals surface area contributed by atoms with E-state index in [4.69, 9.17) is 16.0 Å². The Kier molecular flexibility index (Phi) is 8.08. The number of aromatic nitrogens is 2. The maximum Gasteiger partial charge on any atom is 0.318 e.